The molecule has 0 heterocycles. The van der Waals surface area contributed by atoms with Gasteiger partial charge in [0.2, 0.25) is 0 Å². The van der Waals surface area contributed by atoms with E-state index >= 15 is 0 Å². The Kier molecular flexibility index (Phi) is 4.19. The second kappa shape index (κ2) is 4.10. The molecule has 0 saturated heterocycles. The summed E-state index contributed by atoms with van der Waals surface area (Å²) in [4.78, 5) is 0. The summed E-state index contributed by atoms with van der Waals surface area (Å²) in [6.07, 6.45) is 0. The van der Waals surface area contributed by atoms with Crippen LogP contribution < -0.4 is 0 Å². The van der Waals surface area contributed by atoms with Gasteiger partial charge in [0, 0.05) is 0 Å². The molecule has 0 aliphatic carbocycles. The van der Waals surface area contributed by atoms with Crippen molar-refractivity contribution in [2.45, 2.75) is 6.82 Å². The van der Waals surface area contributed by atoms with Crippen LogP contribution >= 0.6 is 8.86 Å². The molecule has 0 atom stereocenters. The summed E-state index contributed by atoms with van der Waals surface area (Å²) in [5.41, 5.74) is 0. The summed E-state index contributed by atoms with van der Waals surface area (Å²) < 4.78 is 0. The number of hydrogen-bond donors (Lipinski definition) is 0. The molecule has 0 N–H and O–H groups in total. The van der Waals surface area contributed by atoms with Crippen LogP contribution in [-0.4, -0.2) is 18.7 Å². The van der Waals surface area contributed by atoms with Gasteiger partial charge in [-0.05, 0) is 0 Å². The van der Waals surface area contributed by atoms with E-state index in [2.05, 4.69) is 8.86 Å². The van der Waals surface area contributed by atoms with Crippen LogP contribution in [-0.2, 0) is 0 Å². The molecule has 0 radical (unpaired) electrons. The molecular formula is C3H6BP. The average molecular weight is 83.9 g/mol. The van der Waals surface area contributed by atoms with Gasteiger partial charge in [0.25, 0.3) is 0 Å². The van der Waals surface area contributed by atoms with Crippen molar-refractivity contribution in [2.75, 3.05) is 0 Å². The summed E-state index contributed by atoms with van der Waals surface area (Å²) in [6, 6.07) is 0. The first-order valence-corrected chi connectivity index (χ1v) is 2.11. The Labute approximate surface area is 35.3 Å². The molecule has 0 unspecified atom stereocenters. The van der Waals surface area contributed by atoms with Crippen molar-refractivity contribution in [1.82, 2.24) is 0 Å². The Hall–Kier alpha value is 0.105. The first kappa shape index (κ1) is 5.10. The molecule has 0 nitrogen and oxygen atoms in total. The maximum atomic E-state index is 3.14. The van der Waals surface area contributed by atoms with Crippen LogP contribution in [0.2, 0.25) is 6.82 Å². The molecule has 0 spiro atoms. The van der Waals surface area contributed by atoms with Gasteiger partial charge in [-0.25, -0.2) is 0 Å². The average Bonchev–Trinajstić information content (AvgIpc) is 1.41. The first-order valence-electron chi connectivity index (χ1n) is 1.53. The Morgan fingerprint density at radius 2 is 2.40 bits per heavy atom. The Morgan fingerprint density at radius 1 is 1.80 bits per heavy atom. The van der Waals surface area contributed by atoms with Crippen LogP contribution in [0, 0.1) is 0 Å². The van der Waals surface area contributed by atoms with E-state index in [1.807, 2.05) is 19.7 Å². The molecule has 0 aliphatic rings. The van der Waals surface area contributed by atoms with Crippen molar-refractivity contribution in [2.24, 2.45) is 0 Å². The van der Waals surface area contributed by atoms with Gasteiger partial charge in [-0.3, -0.25) is 0 Å². The van der Waals surface area contributed by atoms with Crippen molar-refractivity contribution in [3.8, 4) is 0 Å². The van der Waals surface area contributed by atoms with Crippen molar-refractivity contribution in [1.29, 1.82) is 0 Å². The summed E-state index contributed by atoms with van der Waals surface area (Å²) in [5.74, 6) is 3.72. The summed E-state index contributed by atoms with van der Waals surface area (Å²) in [6.45, 7) is 3.92. The van der Waals surface area contributed by atoms with E-state index in [-0.39, 0.29) is 0 Å². The van der Waals surface area contributed by atoms with Crippen LogP contribution in [0.5, 0.6) is 0 Å². The third-order valence-corrected chi connectivity index (χ3v) is 0.481. The predicted molar refractivity (Wildman–Crippen MR) is 32.1 cm³/mol. The third kappa shape index (κ3) is 4.10. The quantitative estimate of drug-likeness (QED) is 0.320. The fourth-order valence-electron chi connectivity index (χ4n) is 0.0962. The van der Waals surface area contributed by atoms with Gasteiger partial charge >= 0.3 is 34.4 Å². The van der Waals surface area contributed by atoms with Gasteiger partial charge in [-0.2, -0.15) is 0 Å². The molecule has 0 saturated carbocycles. The van der Waals surface area contributed by atoms with Crippen molar-refractivity contribution in [3.63, 3.8) is 0 Å². The molecule has 0 fully saturated rings. The van der Waals surface area contributed by atoms with E-state index in [0.29, 0.717) is 0 Å². The van der Waals surface area contributed by atoms with Crippen LogP contribution in [0.3, 0.4) is 0 Å². The zero-order valence-electron chi connectivity index (χ0n) is 3.23. The van der Waals surface area contributed by atoms with Crippen LogP contribution in [0.25, 0.3) is 0 Å². The molecule has 0 bridgehead atoms. The van der Waals surface area contributed by atoms with Crippen LogP contribution in [0.4, 0.5) is 0 Å². The zero-order chi connectivity index (χ0) is 4.12. The van der Waals surface area contributed by atoms with Crippen molar-refractivity contribution < 1.29 is 0 Å². The fraction of sp³-hybridized carbons (Fsp3) is 0.333. The van der Waals surface area contributed by atoms with E-state index < -0.39 is 0 Å². The SMILES string of the molecule is CB=CC=P. The molecule has 0 aliphatic heterocycles. The second-order valence-electron chi connectivity index (χ2n) is 0.692. The molecule has 0 aromatic heterocycles. The topological polar surface area (TPSA) is 0 Å². The van der Waals surface area contributed by atoms with Crippen LogP contribution in [0.1, 0.15) is 0 Å². The molecular weight excluding hydrogens is 77.8 g/mol. The van der Waals surface area contributed by atoms with E-state index in [1.165, 1.54) is 0 Å². The standard InChI is InChI=1S/C3H6BP/c1-4-2-3-5/h2-3,5H,1H3. The Balaban J connectivity index is 2.92. The maximum absolute atomic E-state index is 3.14. The molecule has 0 aromatic carbocycles. The van der Waals surface area contributed by atoms with Gasteiger partial charge in [-0.1, -0.05) is 0 Å². The Morgan fingerprint density at radius 3 is 2.40 bits per heavy atom. The molecule has 0 aromatic rings. The van der Waals surface area contributed by atoms with Gasteiger partial charge in [0.05, 0.1) is 0 Å². The molecule has 5 heavy (non-hydrogen) atoms. The fourth-order valence-corrected chi connectivity index (χ4v) is 0.289. The molecule has 0 amide bonds. The Bertz CT molecular complexity index is 48.9. The minimum atomic E-state index is 1.81. The minimum absolute atomic E-state index is 1.81. The van der Waals surface area contributed by atoms with E-state index in [9.17, 15) is 0 Å². The third-order valence-electron chi connectivity index (χ3n) is 0.289. The zero-order valence-corrected chi connectivity index (χ0v) is 4.23. The van der Waals surface area contributed by atoms with E-state index in [0.717, 1.165) is 0 Å². The van der Waals surface area contributed by atoms with Gasteiger partial charge in [0.15, 0.2) is 0 Å². The monoisotopic (exact) mass is 84.0 g/mol. The van der Waals surface area contributed by atoms with Crippen molar-refractivity contribution in [3.05, 3.63) is 0 Å². The van der Waals surface area contributed by atoms with Crippen molar-refractivity contribution >= 4 is 27.5 Å². The number of hydrogen-bond acceptors (Lipinski definition) is 0. The summed E-state index contributed by atoms with van der Waals surface area (Å²) in [5, 5.41) is 0. The van der Waals surface area contributed by atoms with Gasteiger partial charge in [-0.15, -0.1) is 0 Å². The van der Waals surface area contributed by atoms with Gasteiger partial charge in [0.1, 0.15) is 0 Å². The molecule has 0 rings (SSSR count). The number of rotatable bonds is 1. The normalized spacial score (nSPS) is 7.40. The van der Waals surface area contributed by atoms with E-state index in [1.54, 1.807) is 5.80 Å². The van der Waals surface area contributed by atoms with Gasteiger partial charge < -0.3 is 0 Å². The first-order chi connectivity index (χ1) is 2.41. The van der Waals surface area contributed by atoms with Crippen LogP contribution in [0.15, 0.2) is 0 Å². The summed E-state index contributed by atoms with van der Waals surface area (Å²) in [7, 11) is 3.14. The summed E-state index contributed by atoms with van der Waals surface area (Å²) >= 11 is 0. The second-order valence-corrected chi connectivity index (χ2v) is 1.03. The predicted octanol–water partition coefficient (Wildman–Crippen LogP) is 0.486. The van der Waals surface area contributed by atoms with E-state index in [4.69, 9.17) is 0 Å². The molecule has 26 valence electrons. The molecule has 2 heteroatoms.